The molecule has 0 aliphatic heterocycles. The molecule has 24 heavy (non-hydrogen) atoms. The zero-order valence-electron chi connectivity index (χ0n) is 12.8. The van der Waals surface area contributed by atoms with Gasteiger partial charge in [-0.05, 0) is 58.7 Å². The number of rotatable bonds is 4. The molecule has 2 aromatic carbocycles. The molecule has 1 heterocycles. The Labute approximate surface area is 145 Å². The van der Waals surface area contributed by atoms with E-state index in [1.54, 1.807) is 42.5 Å². The number of aromatic amines is 1. The Bertz CT molecular complexity index is 1040. The monoisotopic (exact) mass is 387 g/mol. The Balaban J connectivity index is 2.01. The fourth-order valence-corrected chi connectivity index (χ4v) is 2.76. The van der Waals surface area contributed by atoms with Crippen LogP contribution >= 0.6 is 15.9 Å². The number of aromatic nitrogens is 2. The van der Waals surface area contributed by atoms with Crippen molar-refractivity contribution in [1.29, 1.82) is 0 Å². The first-order valence-electron chi connectivity index (χ1n) is 7.31. The minimum atomic E-state index is -0.583. The Morgan fingerprint density at radius 3 is 2.79 bits per heavy atom. The van der Waals surface area contributed by atoms with Crippen LogP contribution in [0.3, 0.4) is 0 Å². The quantitative estimate of drug-likeness (QED) is 0.699. The molecule has 0 atom stereocenters. The molecule has 3 aromatic rings. The summed E-state index contributed by atoms with van der Waals surface area (Å²) < 4.78 is 7.02. The first-order chi connectivity index (χ1) is 11.6. The molecule has 0 unspecified atom stereocenters. The lowest BCUT2D eigenvalue weighted by Gasteiger charge is -2.06. The van der Waals surface area contributed by atoms with Crippen molar-refractivity contribution in [3.05, 3.63) is 73.3 Å². The standard InChI is InChI=1S/C17H14BrN3O3/c1-2-24-15-8-7-11(9-13(15)18)10-19-21-16(22)12-5-3-4-6-14(12)20-17(21)23/h3-10H,2H2,1H3,(H,20,23). The third kappa shape index (κ3) is 3.16. The lowest BCUT2D eigenvalue weighted by atomic mass is 10.2. The van der Waals surface area contributed by atoms with Crippen LogP contribution in [0.15, 0.2) is 61.6 Å². The molecule has 6 nitrogen and oxygen atoms in total. The van der Waals surface area contributed by atoms with E-state index >= 15 is 0 Å². The average Bonchev–Trinajstić information content (AvgIpc) is 2.57. The number of hydrogen-bond acceptors (Lipinski definition) is 4. The van der Waals surface area contributed by atoms with Gasteiger partial charge in [0, 0.05) is 0 Å². The van der Waals surface area contributed by atoms with E-state index in [2.05, 4.69) is 26.0 Å². The molecule has 0 spiro atoms. The Morgan fingerprint density at radius 1 is 1.25 bits per heavy atom. The highest BCUT2D eigenvalue weighted by molar-refractivity contribution is 9.10. The fourth-order valence-electron chi connectivity index (χ4n) is 2.25. The number of nitrogens with one attached hydrogen (secondary N) is 1. The molecule has 7 heteroatoms. The second-order valence-corrected chi connectivity index (χ2v) is 5.81. The van der Waals surface area contributed by atoms with Crippen LogP contribution in [0, 0.1) is 0 Å². The summed E-state index contributed by atoms with van der Waals surface area (Å²) in [6.45, 7) is 2.47. The maximum atomic E-state index is 12.4. The summed E-state index contributed by atoms with van der Waals surface area (Å²) in [4.78, 5) is 27.1. The molecule has 3 rings (SSSR count). The number of benzene rings is 2. The lowest BCUT2D eigenvalue weighted by molar-refractivity contribution is 0.338. The smallest absolute Gasteiger partial charge is 0.349 e. The summed E-state index contributed by atoms with van der Waals surface area (Å²) in [5, 5.41) is 4.42. The van der Waals surface area contributed by atoms with Gasteiger partial charge in [-0.2, -0.15) is 5.10 Å². The topological polar surface area (TPSA) is 76.5 Å². The average molecular weight is 388 g/mol. The summed E-state index contributed by atoms with van der Waals surface area (Å²) in [6, 6.07) is 12.2. The second kappa shape index (κ2) is 6.84. The molecule has 0 amide bonds. The Hall–Kier alpha value is -2.67. The number of ether oxygens (including phenoxy) is 1. The van der Waals surface area contributed by atoms with Gasteiger partial charge >= 0.3 is 5.69 Å². The van der Waals surface area contributed by atoms with Gasteiger partial charge in [0.2, 0.25) is 0 Å². The summed E-state index contributed by atoms with van der Waals surface area (Å²) in [6.07, 6.45) is 1.45. The SMILES string of the molecule is CCOc1ccc(C=Nn2c(=O)[nH]c3ccccc3c2=O)cc1Br. The van der Waals surface area contributed by atoms with E-state index in [9.17, 15) is 9.59 Å². The van der Waals surface area contributed by atoms with Gasteiger partial charge in [0.25, 0.3) is 5.56 Å². The minimum Gasteiger partial charge on any atom is -0.493 e. The van der Waals surface area contributed by atoms with Gasteiger partial charge < -0.3 is 9.72 Å². The van der Waals surface area contributed by atoms with Crippen LogP contribution in [-0.4, -0.2) is 22.5 Å². The van der Waals surface area contributed by atoms with E-state index in [1.165, 1.54) is 6.21 Å². The van der Waals surface area contributed by atoms with Crippen molar-refractivity contribution >= 4 is 33.0 Å². The molecule has 0 fully saturated rings. The van der Waals surface area contributed by atoms with Crippen molar-refractivity contribution in [2.75, 3.05) is 6.61 Å². The number of halogens is 1. The fraction of sp³-hybridized carbons (Fsp3) is 0.118. The van der Waals surface area contributed by atoms with Crippen molar-refractivity contribution in [2.45, 2.75) is 6.92 Å². The van der Waals surface area contributed by atoms with Crippen LogP contribution < -0.4 is 16.0 Å². The number of para-hydroxylation sites is 1. The molecule has 0 bridgehead atoms. The van der Waals surface area contributed by atoms with Gasteiger partial charge in [-0.1, -0.05) is 12.1 Å². The highest BCUT2D eigenvalue weighted by Crippen LogP contribution is 2.25. The maximum Gasteiger partial charge on any atom is 0.349 e. The van der Waals surface area contributed by atoms with Crippen molar-refractivity contribution in [3.63, 3.8) is 0 Å². The van der Waals surface area contributed by atoms with Crippen molar-refractivity contribution in [3.8, 4) is 5.75 Å². The molecule has 0 aliphatic rings. The van der Waals surface area contributed by atoms with Gasteiger partial charge in [-0.25, -0.2) is 4.79 Å². The summed E-state index contributed by atoms with van der Waals surface area (Å²) in [7, 11) is 0. The van der Waals surface area contributed by atoms with Gasteiger partial charge in [-0.15, -0.1) is 4.68 Å². The molecule has 122 valence electrons. The highest BCUT2D eigenvalue weighted by atomic mass is 79.9. The number of fused-ring (bicyclic) bond motifs is 1. The number of nitrogens with zero attached hydrogens (tertiary/aromatic N) is 2. The Morgan fingerprint density at radius 2 is 2.04 bits per heavy atom. The van der Waals surface area contributed by atoms with Crippen LogP contribution in [-0.2, 0) is 0 Å². The van der Waals surface area contributed by atoms with Crippen LogP contribution in [0.1, 0.15) is 12.5 Å². The molecule has 0 radical (unpaired) electrons. The predicted octanol–water partition coefficient (Wildman–Crippen LogP) is 2.73. The summed E-state index contributed by atoms with van der Waals surface area (Å²) >= 11 is 3.41. The van der Waals surface area contributed by atoms with Crippen LogP contribution in [0.25, 0.3) is 10.9 Å². The first-order valence-corrected chi connectivity index (χ1v) is 8.10. The molecule has 0 saturated carbocycles. The summed E-state index contributed by atoms with van der Waals surface area (Å²) in [5.74, 6) is 0.718. The van der Waals surface area contributed by atoms with E-state index in [0.717, 1.165) is 20.5 Å². The molecule has 1 N–H and O–H groups in total. The Kier molecular flexibility index (Phi) is 4.61. The van der Waals surface area contributed by atoms with Crippen molar-refractivity contribution < 1.29 is 4.74 Å². The van der Waals surface area contributed by atoms with Crippen molar-refractivity contribution in [1.82, 2.24) is 9.66 Å². The van der Waals surface area contributed by atoms with Crippen molar-refractivity contribution in [2.24, 2.45) is 5.10 Å². The van der Waals surface area contributed by atoms with Crippen LogP contribution in [0.4, 0.5) is 0 Å². The molecule has 0 saturated heterocycles. The van der Waals surface area contributed by atoms with Crippen LogP contribution in [0.2, 0.25) is 0 Å². The summed E-state index contributed by atoms with van der Waals surface area (Å²) in [5.41, 5.74) is 0.170. The van der Waals surface area contributed by atoms with E-state index in [4.69, 9.17) is 4.74 Å². The zero-order chi connectivity index (χ0) is 17.1. The predicted molar refractivity (Wildman–Crippen MR) is 97.1 cm³/mol. The molecular weight excluding hydrogens is 374 g/mol. The lowest BCUT2D eigenvalue weighted by Crippen LogP contribution is -2.32. The minimum absolute atomic E-state index is 0.405. The largest absolute Gasteiger partial charge is 0.493 e. The van der Waals surface area contributed by atoms with Gasteiger partial charge in [0.15, 0.2) is 0 Å². The third-order valence-electron chi connectivity index (χ3n) is 3.36. The molecule has 0 aliphatic carbocycles. The molecular formula is C17H14BrN3O3. The van der Waals surface area contributed by atoms with Gasteiger partial charge in [0.05, 0.1) is 28.2 Å². The van der Waals surface area contributed by atoms with Crippen LogP contribution in [0.5, 0.6) is 5.75 Å². The maximum absolute atomic E-state index is 12.4. The second-order valence-electron chi connectivity index (χ2n) is 4.96. The van der Waals surface area contributed by atoms with E-state index in [1.807, 2.05) is 6.92 Å². The van der Waals surface area contributed by atoms with Gasteiger partial charge in [-0.3, -0.25) is 4.79 Å². The van der Waals surface area contributed by atoms with Gasteiger partial charge in [0.1, 0.15) is 5.75 Å². The number of H-pyrrole nitrogens is 1. The zero-order valence-corrected chi connectivity index (χ0v) is 14.4. The van der Waals surface area contributed by atoms with E-state index in [-0.39, 0.29) is 0 Å². The van der Waals surface area contributed by atoms with E-state index in [0.29, 0.717) is 17.5 Å². The van der Waals surface area contributed by atoms with E-state index < -0.39 is 11.2 Å². The number of hydrogen-bond donors (Lipinski definition) is 1. The third-order valence-corrected chi connectivity index (χ3v) is 3.98. The first kappa shape index (κ1) is 16.2. The molecule has 1 aromatic heterocycles. The normalized spacial score (nSPS) is 11.2. The highest BCUT2D eigenvalue weighted by Gasteiger charge is 2.06.